The van der Waals surface area contributed by atoms with Crippen LogP contribution in [0.3, 0.4) is 0 Å². The summed E-state index contributed by atoms with van der Waals surface area (Å²) in [6.45, 7) is 6.09. The first-order valence-corrected chi connectivity index (χ1v) is 15.4. The third-order valence-electron chi connectivity index (χ3n) is 9.50. The lowest BCUT2D eigenvalue weighted by atomic mass is 9.91. The van der Waals surface area contributed by atoms with Crippen LogP contribution >= 0.6 is 0 Å². The Labute approximate surface area is 256 Å². The number of imide groups is 2. The van der Waals surface area contributed by atoms with Gasteiger partial charge in [0.05, 0.1) is 29.6 Å². The number of piperidine rings is 2. The predicted octanol–water partition coefficient (Wildman–Crippen LogP) is 2.64. The molecule has 0 spiro atoms. The van der Waals surface area contributed by atoms with E-state index >= 15 is 0 Å². The van der Waals surface area contributed by atoms with Crippen LogP contribution in [-0.4, -0.2) is 92.4 Å². The van der Waals surface area contributed by atoms with Gasteiger partial charge in [-0.2, -0.15) is 0 Å². The van der Waals surface area contributed by atoms with Gasteiger partial charge in [0.1, 0.15) is 17.6 Å². The maximum absolute atomic E-state index is 14.6. The van der Waals surface area contributed by atoms with E-state index in [2.05, 4.69) is 20.0 Å². The number of nitrogen functional groups attached to an aromatic ring is 1. The second-order valence-electron chi connectivity index (χ2n) is 12.1. The van der Waals surface area contributed by atoms with Gasteiger partial charge >= 0.3 is 0 Å². The van der Waals surface area contributed by atoms with Crippen molar-refractivity contribution in [3.05, 3.63) is 47.3 Å². The van der Waals surface area contributed by atoms with Crippen LogP contribution in [0.15, 0.2) is 30.3 Å². The van der Waals surface area contributed by atoms with E-state index in [0.29, 0.717) is 34.2 Å². The first-order chi connectivity index (χ1) is 21.2. The molecule has 4 amide bonds. The van der Waals surface area contributed by atoms with E-state index in [-0.39, 0.29) is 24.6 Å². The topological polar surface area (TPSA) is 129 Å². The van der Waals surface area contributed by atoms with Crippen molar-refractivity contribution in [2.45, 2.75) is 44.6 Å². The molecule has 0 radical (unpaired) electrons. The van der Waals surface area contributed by atoms with Crippen LogP contribution in [0.25, 0.3) is 0 Å². The fourth-order valence-corrected chi connectivity index (χ4v) is 6.93. The largest absolute Gasteiger partial charge is 0.495 e. The second kappa shape index (κ2) is 12.4. The quantitative estimate of drug-likeness (QED) is 0.344. The summed E-state index contributed by atoms with van der Waals surface area (Å²) in [5.41, 5.74) is 8.19. The minimum atomic E-state index is -0.963. The SMILES string of the molecule is COc1cc(N2CCC(CCCN3CCN(c4ccc5c(c4)C(=O)N(C4CCC(=O)NC4=O)C5=O)CC3)CC2)c(F)cc1N. The maximum atomic E-state index is 14.6. The highest BCUT2D eigenvalue weighted by Crippen LogP contribution is 2.34. The molecule has 4 aliphatic heterocycles. The molecule has 234 valence electrons. The number of benzene rings is 2. The van der Waals surface area contributed by atoms with E-state index < -0.39 is 23.8 Å². The Morgan fingerprint density at radius 1 is 0.909 bits per heavy atom. The molecule has 0 aromatic heterocycles. The minimum absolute atomic E-state index is 0.0976. The smallest absolute Gasteiger partial charge is 0.262 e. The van der Waals surface area contributed by atoms with E-state index in [4.69, 9.17) is 10.5 Å². The molecule has 44 heavy (non-hydrogen) atoms. The summed E-state index contributed by atoms with van der Waals surface area (Å²) in [4.78, 5) is 57.9. The maximum Gasteiger partial charge on any atom is 0.262 e. The monoisotopic (exact) mass is 606 g/mol. The molecule has 3 N–H and O–H groups in total. The van der Waals surface area contributed by atoms with Crippen molar-refractivity contribution in [3.8, 4) is 5.75 Å². The number of nitrogens with zero attached hydrogens (tertiary/aromatic N) is 4. The number of piperazine rings is 1. The summed E-state index contributed by atoms with van der Waals surface area (Å²) < 4.78 is 19.8. The van der Waals surface area contributed by atoms with Crippen molar-refractivity contribution in [1.82, 2.24) is 15.1 Å². The highest BCUT2D eigenvalue weighted by Gasteiger charge is 2.44. The molecule has 3 saturated heterocycles. The Morgan fingerprint density at radius 2 is 1.64 bits per heavy atom. The van der Waals surface area contributed by atoms with Gasteiger partial charge < -0.3 is 20.3 Å². The lowest BCUT2D eigenvalue weighted by Gasteiger charge is -2.37. The normalized spacial score (nSPS) is 21.6. The van der Waals surface area contributed by atoms with Crippen molar-refractivity contribution in [3.63, 3.8) is 0 Å². The van der Waals surface area contributed by atoms with Crippen LogP contribution in [0.1, 0.15) is 59.2 Å². The Balaban J connectivity index is 0.957. The van der Waals surface area contributed by atoms with Gasteiger partial charge in [0.25, 0.3) is 11.8 Å². The van der Waals surface area contributed by atoms with Crippen molar-refractivity contribution in [2.24, 2.45) is 5.92 Å². The van der Waals surface area contributed by atoms with Gasteiger partial charge in [0, 0.05) is 63.5 Å². The summed E-state index contributed by atoms with van der Waals surface area (Å²) >= 11 is 0. The number of ether oxygens (including phenoxy) is 1. The standard InChI is InChI=1S/C32H39FN6O5/c1-44-28-19-27(24(33)18-25(28)34)38-11-8-20(9-12-38)3-2-10-36-13-15-37(16-14-36)21-4-5-22-23(17-21)32(43)39(31(22)42)26-6-7-29(40)35-30(26)41/h4-5,17-20,26H,2-3,6-16,34H2,1H3,(H,35,40,41). The predicted molar refractivity (Wildman–Crippen MR) is 163 cm³/mol. The van der Waals surface area contributed by atoms with Gasteiger partial charge in [-0.1, -0.05) is 0 Å². The zero-order valence-corrected chi connectivity index (χ0v) is 25.0. The third kappa shape index (κ3) is 5.82. The number of fused-ring (bicyclic) bond motifs is 1. The Morgan fingerprint density at radius 3 is 2.34 bits per heavy atom. The summed E-state index contributed by atoms with van der Waals surface area (Å²) in [6.07, 6.45) is 4.55. The number of methoxy groups -OCH3 is 1. The number of hydrogen-bond acceptors (Lipinski definition) is 9. The summed E-state index contributed by atoms with van der Waals surface area (Å²) in [6, 6.07) is 7.37. The number of halogens is 1. The molecule has 1 unspecified atom stereocenters. The Bertz CT molecular complexity index is 1470. The molecule has 3 fully saturated rings. The molecule has 4 aliphatic rings. The van der Waals surface area contributed by atoms with Crippen molar-refractivity contribution >= 4 is 40.7 Å². The summed E-state index contributed by atoms with van der Waals surface area (Å²) in [7, 11) is 1.54. The first kappa shape index (κ1) is 29.9. The molecule has 6 rings (SSSR count). The zero-order valence-electron chi connectivity index (χ0n) is 25.0. The van der Waals surface area contributed by atoms with Gasteiger partial charge in [0.2, 0.25) is 11.8 Å². The number of amides is 4. The van der Waals surface area contributed by atoms with Crippen molar-refractivity contribution in [2.75, 3.05) is 68.5 Å². The number of anilines is 3. The number of nitrogens with two attached hydrogens (primary N) is 1. The molecular formula is C32H39FN6O5. The summed E-state index contributed by atoms with van der Waals surface area (Å²) in [5, 5.41) is 2.23. The van der Waals surface area contributed by atoms with Gasteiger partial charge in [0.15, 0.2) is 0 Å². The Kier molecular flexibility index (Phi) is 8.44. The number of nitrogens with one attached hydrogen (secondary N) is 1. The average Bonchev–Trinajstić information content (AvgIpc) is 3.27. The molecule has 2 aromatic carbocycles. The van der Waals surface area contributed by atoms with Crippen LogP contribution in [-0.2, 0) is 9.59 Å². The Hall–Kier alpha value is -4.19. The molecule has 0 saturated carbocycles. The lowest BCUT2D eigenvalue weighted by molar-refractivity contribution is -0.136. The lowest BCUT2D eigenvalue weighted by Crippen LogP contribution is -2.54. The van der Waals surface area contributed by atoms with Crippen molar-refractivity contribution < 1.29 is 28.3 Å². The highest BCUT2D eigenvalue weighted by atomic mass is 19.1. The fraction of sp³-hybridized carbons (Fsp3) is 0.500. The molecule has 0 bridgehead atoms. The zero-order chi connectivity index (χ0) is 31.0. The molecule has 11 nitrogen and oxygen atoms in total. The molecule has 4 heterocycles. The summed E-state index contributed by atoms with van der Waals surface area (Å²) in [5.74, 6) is -1.15. The number of carbonyl (C=O) groups excluding carboxylic acids is 4. The number of hydrogen-bond donors (Lipinski definition) is 2. The molecule has 1 atom stereocenters. The van der Waals surface area contributed by atoms with E-state index in [1.807, 2.05) is 6.07 Å². The average molecular weight is 607 g/mol. The highest BCUT2D eigenvalue weighted by molar-refractivity contribution is 6.23. The van der Waals surface area contributed by atoms with Gasteiger partial charge in [-0.05, 0) is 62.8 Å². The van der Waals surface area contributed by atoms with Crippen LogP contribution in [0, 0.1) is 11.7 Å². The van der Waals surface area contributed by atoms with Gasteiger partial charge in [-0.15, -0.1) is 0 Å². The molecular weight excluding hydrogens is 567 g/mol. The number of rotatable bonds is 8. The minimum Gasteiger partial charge on any atom is -0.495 e. The molecule has 12 heteroatoms. The van der Waals surface area contributed by atoms with E-state index in [1.165, 1.54) is 13.2 Å². The molecule has 2 aromatic rings. The number of carbonyl (C=O) groups is 4. The van der Waals surface area contributed by atoms with Crippen molar-refractivity contribution in [1.29, 1.82) is 0 Å². The van der Waals surface area contributed by atoms with Gasteiger partial charge in [-0.3, -0.25) is 34.3 Å². The van der Waals surface area contributed by atoms with Crippen LogP contribution in [0.4, 0.5) is 21.5 Å². The van der Waals surface area contributed by atoms with Crippen LogP contribution < -0.4 is 25.6 Å². The third-order valence-corrected chi connectivity index (χ3v) is 9.50. The van der Waals surface area contributed by atoms with Crippen LogP contribution in [0.2, 0.25) is 0 Å². The fourth-order valence-electron chi connectivity index (χ4n) is 6.93. The van der Waals surface area contributed by atoms with E-state index in [0.717, 1.165) is 82.1 Å². The van der Waals surface area contributed by atoms with E-state index in [1.54, 1.807) is 18.2 Å². The van der Waals surface area contributed by atoms with Crippen LogP contribution in [0.5, 0.6) is 5.75 Å². The van der Waals surface area contributed by atoms with Gasteiger partial charge in [-0.25, -0.2) is 4.39 Å². The van der Waals surface area contributed by atoms with E-state index in [9.17, 15) is 23.6 Å². The molecule has 0 aliphatic carbocycles. The first-order valence-electron chi connectivity index (χ1n) is 15.4. The second-order valence-corrected chi connectivity index (χ2v) is 12.1.